The highest BCUT2D eigenvalue weighted by Gasteiger charge is 2.44. The molecular weight excluding hydrogens is 272 g/mol. The fraction of sp³-hybridized carbons (Fsp3) is 0.467. The smallest absolute Gasteiger partial charge is 0.326 e. The minimum Gasteiger partial charge on any atom is -0.480 e. The topological polar surface area (TPSA) is 89.9 Å². The fourth-order valence-electron chi connectivity index (χ4n) is 2.94. The van der Waals surface area contributed by atoms with E-state index in [9.17, 15) is 14.7 Å². The molecule has 112 valence electrons. The Kier molecular flexibility index (Phi) is 3.55. The zero-order valence-corrected chi connectivity index (χ0v) is 11.5. The highest BCUT2D eigenvalue weighted by atomic mass is 16.4. The third kappa shape index (κ3) is 2.85. The van der Waals surface area contributed by atoms with Gasteiger partial charge in [-0.05, 0) is 12.0 Å². The number of carbonyl (C=O) groups excluding carboxylic acids is 1. The summed E-state index contributed by atoms with van der Waals surface area (Å²) in [6, 6.07) is 8.63. The summed E-state index contributed by atoms with van der Waals surface area (Å²) in [4.78, 5) is 24.5. The number of likely N-dealkylation sites (tertiary alicyclic amines) is 1. The van der Waals surface area contributed by atoms with Gasteiger partial charge in [0.05, 0.1) is 6.10 Å². The summed E-state index contributed by atoms with van der Waals surface area (Å²) in [6.45, 7) is 0.0749. The molecule has 2 amide bonds. The molecule has 0 bridgehead atoms. The SMILES string of the molecule is O=C(O)[C@@H]1C[C@H](O)CN1C(=O)NC1CC1c1ccccc1. The summed E-state index contributed by atoms with van der Waals surface area (Å²) in [5.41, 5.74) is 1.18. The number of aliphatic carboxylic acids is 1. The van der Waals surface area contributed by atoms with Gasteiger partial charge < -0.3 is 20.4 Å². The van der Waals surface area contributed by atoms with E-state index < -0.39 is 24.1 Å². The van der Waals surface area contributed by atoms with Crippen LogP contribution in [-0.4, -0.2) is 51.8 Å². The molecule has 1 saturated heterocycles. The van der Waals surface area contributed by atoms with Crippen molar-refractivity contribution in [2.45, 2.75) is 36.9 Å². The van der Waals surface area contributed by atoms with Crippen LogP contribution in [0.2, 0.25) is 0 Å². The molecule has 2 fully saturated rings. The van der Waals surface area contributed by atoms with E-state index in [0.29, 0.717) is 5.92 Å². The minimum absolute atomic E-state index is 0.0482. The molecule has 21 heavy (non-hydrogen) atoms. The van der Waals surface area contributed by atoms with Crippen LogP contribution >= 0.6 is 0 Å². The summed E-state index contributed by atoms with van der Waals surface area (Å²) in [5, 5.41) is 21.5. The fourth-order valence-corrected chi connectivity index (χ4v) is 2.94. The molecule has 6 heteroatoms. The zero-order chi connectivity index (χ0) is 15.0. The summed E-state index contributed by atoms with van der Waals surface area (Å²) < 4.78 is 0. The number of carbonyl (C=O) groups is 2. The molecule has 1 aromatic rings. The van der Waals surface area contributed by atoms with E-state index in [1.807, 2.05) is 30.3 Å². The van der Waals surface area contributed by atoms with E-state index >= 15 is 0 Å². The predicted octanol–water partition coefficient (Wildman–Crippen LogP) is 0.772. The van der Waals surface area contributed by atoms with Crippen LogP contribution in [0.3, 0.4) is 0 Å². The summed E-state index contributed by atoms with van der Waals surface area (Å²) in [5.74, 6) is -0.775. The van der Waals surface area contributed by atoms with Gasteiger partial charge in [-0.1, -0.05) is 30.3 Å². The zero-order valence-electron chi connectivity index (χ0n) is 11.5. The van der Waals surface area contributed by atoms with Crippen LogP contribution in [0, 0.1) is 0 Å². The van der Waals surface area contributed by atoms with Crippen molar-refractivity contribution in [3.8, 4) is 0 Å². The van der Waals surface area contributed by atoms with E-state index in [-0.39, 0.29) is 19.0 Å². The molecule has 6 nitrogen and oxygen atoms in total. The van der Waals surface area contributed by atoms with Gasteiger partial charge in [0.15, 0.2) is 0 Å². The van der Waals surface area contributed by atoms with Crippen molar-refractivity contribution >= 4 is 12.0 Å². The standard InChI is InChI=1S/C15H18N2O4/c18-10-6-13(14(19)20)17(8-10)15(21)16-12-7-11(12)9-4-2-1-3-5-9/h1-5,10-13,18H,6-8H2,(H,16,21)(H,19,20)/t10-,11?,12?,13-/m0/s1. The van der Waals surface area contributed by atoms with E-state index in [1.54, 1.807) is 0 Å². The number of amides is 2. The molecule has 2 aliphatic rings. The lowest BCUT2D eigenvalue weighted by Crippen LogP contribution is -2.47. The number of aliphatic hydroxyl groups excluding tert-OH is 1. The monoisotopic (exact) mass is 290 g/mol. The molecule has 4 atom stereocenters. The van der Waals surface area contributed by atoms with Gasteiger partial charge in [-0.3, -0.25) is 0 Å². The van der Waals surface area contributed by atoms with Gasteiger partial charge in [-0.2, -0.15) is 0 Å². The number of hydrogen-bond donors (Lipinski definition) is 3. The molecule has 1 aliphatic heterocycles. The molecule has 0 aromatic heterocycles. The van der Waals surface area contributed by atoms with E-state index in [4.69, 9.17) is 5.11 Å². The summed E-state index contributed by atoms with van der Waals surface area (Å²) >= 11 is 0. The van der Waals surface area contributed by atoms with Gasteiger partial charge >= 0.3 is 12.0 Å². The Bertz CT molecular complexity index is 548. The van der Waals surface area contributed by atoms with Gasteiger partial charge in [0.25, 0.3) is 0 Å². The summed E-state index contributed by atoms with van der Waals surface area (Å²) in [6.07, 6.45) is 0.195. The van der Waals surface area contributed by atoms with Gasteiger partial charge in [0.1, 0.15) is 6.04 Å². The number of nitrogens with zero attached hydrogens (tertiary/aromatic N) is 1. The first-order valence-corrected chi connectivity index (χ1v) is 7.09. The second-order valence-corrected chi connectivity index (χ2v) is 5.70. The van der Waals surface area contributed by atoms with Crippen molar-refractivity contribution in [1.82, 2.24) is 10.2 Å². The van der Waals surface area contributed by atoms with Crippen LogP contribution in [0.4, 0.5) is 4.79 Å². The largest absolute Gasteiger partial charge is 0.480 e. The van der Waals surface area contributed by atoms with Crippen molar-refractivity contribution < 1.29 is 19.8 Å². The first-order chi connectivity index (χ1) is 10.1. The lowest BCUT2D eigenvalue weighted by Gasteiger charge is -2.21. The lowest BCUT2D eigenvalue weighted by molar-refractivity contribution is -0.141. The normalized spacial score (nSPS) is 31.0. The molecular formula is C15H18N2O4. The molecule has 1 heterocycles. The molecule has 3 N–H and O–H groups in total. The quantitative estimate of drug-likeness (QED) is 0.767. The van der Waals surface area contributed by atoms with Crippen molar-refractivity contribution in [2.75, 3.05) is 6.54 Å². The molecule has 1 aliphatic carbocycles. The second kappa shape index (κ2) is 5.37. The van der Waals surface area contributed by atoms with Crippen LogP contribution in [-0.2, 0) is 4.79 Å². The summed E-state index contributed by atoms with van der Waals surface area (Å²) in [7, 11) is 0. The third-order valence-corrected chi connectivity index (χ3v) is 4.15. The average molecular weight is 290 g/mol. The Morgan fingerprint density at radius 2 is 1.90 bits per heavy atom. The first-order valence-electron chi connectivity index (χ1n) is 7.09. The third-order valence-electron chi connectivity index (χ3n) is 4.15. The van der Waals surface area contributed by atoms with E-state index in [1.165, 1.54) is 10.5 Å². The number of aliphatic hydroxyl groups is 1. The first kappa shape index (κ1) is 13.9. The van der Waals surface area contributed by atoms with E-state index in [0.717, 1.165) is 6.42 Å². The lowest BCUT2D eigenvalue weighted by atomic mass is 10.1. The molecule has 0 spiro atoms. The molecule has 3 rings (SSSR count). The van der Waals surface area contributed by atoms with Crippen LogP contribution in [0.25, 0.3) is 0 Å². The van der Waals surface area contributed by atoms with Crippen LogP contribution in [0.15, 0.2) is 30.3 Å². The van der Waals surface area contributed by atoms with Crippen molar-refractivity contribution in [3.05, 3.63) is 35.9 Å². The van der Waals surface area contributed by atoms with Crippen LogP contribution in [0.1, 0.15) is 24.3 Å². The number of nitrogens with one attached hydrogen (secondary N) is 1. The highest BCUT2D eigenvalue weighted by Crippen LogP contribution is 2.40. The Morgan fingerprint density at radius 1 is 1.19 bits per heavy atom. The molecule has 1 saturated carbocycles. The average Bonchev–Trinajstić information content (AvgIpc) is 3.11. The van der Waals surface area contributed by atoms with Gasteiger partial charge in [0, 0.05) is 24.9 Å². The number of benzene rings is 1. The number of carboxylic acid groups (broad SMARTS) is 1. The van der Waals surface area contributed by atoms with Crippen LogP contribution in [0.5, 0.6) is 0 Å². The van der Waals surface area contributed by atoms with Crippen molar-refractivity contribution in [3.63, 3.8) is 0 Å². The molecule has 1 aromatic carbocycles. The Labute approximate surface area is 122 Å². The maximum atomic E-state index is 12.2. The Morgan fingerprint density at radius 3 is 2.57 bits per heavy atom. The maximum Gasteiger partial charge on any atom is 0.326 e. The predicted molar refractivity (Wildman–Crippen MR) is 74.9 cm³/mol. The molecule has 0 radical (unpaired) electrons. The van der Waals surface area contributed by atoms with Crippen LogP contribution < -0.4 is 5.32 Å². The number of carboxylic acids is 1. The Hall–Kier alpha value is -2.08. The second-order valence-electron chi connectivity index (χ2n) is 5.70. The highest BCUT2D eigenvalue weighted by molar-refractivity contribution is 5.83. The van der Waals surface area contributed by atoms with Gasteiger partial charge in [-0.25, -0.2) is 9.59 Å². The van der Waals surface area contributed by atoms with E-state index in [2.05, 4.69) is 5.32 Å². The number of rotatable bonds is 3. The number of urea groups is 1. The van der Waals surface area contributed by atoms with Gasteiger partial charge in [0.2, 0.25) is 0 Å². The molecule has 2 unspecified atom stereocenters. The van der Waals surface area contributed by atoms with Crippen molar-refractivity contribution in [2.24, 2.45) is 0 Å². The van der Waals surface area contributed by atoms with Crippen molar-refractivity contribution in [1.29, 1.82) is 0 Å². The number of β-amino-alcohol motifs (C(OH)–C–C–N with tert-alkyl or cyclic N) is 1. The Balaban J connectivity index is 1.59. The number of hydrogen-bond acceptors (Lipinski definition) is 3. The maximum absolute atomic E-state index is 12.2. The minimum atomic E-state index is -1.07. The van der Waals surface area contributed by atoms with Gasteiger partial charge in [-0.15, -0.1) is 0 Å².